The van der Waals surface area contributed by atoms with Crippen LogP contribution in [0, 0.1) is 0 Å². The summed E-state index contributed by atoms with van der Waals surface area (Å²) in [6, 6.07) is 2.34. The predicted molar refractivity (Wildman–Crippen MR) is 51.1 cm³/mol. The molecule has 1 aromatic rings. The van der Waals surface area contributed by atoms with E-state index in [4.69, 9.17) is 0 Å². The highest BCUT2D eigenvalue weighted by Gasteiger charge is 2.17. The smallest absolute Gasteiger partial charge is 0.341 e. The van der Waals surface area contributed by atoms with Crippen molar-refractivity contribution >= 4 is 12.3 Å². The number of carbonyl (C=O) groups excluding carboxylic acids is 2. The first-order valence-corrected chi connectivity index (χ1v) is 4.29. The Kier molecular flexibility index (Phi) is 3.28. The molecule has 0 aliphatic rings. The van der Waals surface area contributed by atoms with Crippen molar-refractivity contribution in [2.75, 3.05) is 6.61 Å². The molecule has 0 amide bonds. The molecule has 2 N–H and O–H groups in total. The maximum Gasteiger partial charge on any atom is 0.341 e. The zero-order valence-corrected chi connectivity index (χ0v) is 8.06. The SMILES string of the molecule is CCOC(=O)c1ccc(O)c(C=O)c1O. The lowest BCUT2D eigenvalue weighted by molar-refractivity contribution is 0.0523. The maximum absolute atomic E-state index is 11.3. The van der Waals surface area contributed by atoms with E-state index in [1.165, 1.54) is 6.07 Å². The van der Waals surface area contributed by atoms with Crippen LogP contribution >= 0.6 is 0 Å². The van der Waals surface area contributed by atoms with E-state index in [-0.39, 0.29) is 29.8 Å². The number of ether oxygens (including phenoxy) is 1. The second kappa shape index (κ2) is 4.45. The zero-order valence-electron chi connectivity index (χ0n) is 8.06. The van der Waals surface area contributed by atoms with Crippen molar-refractivity contribution in [3.05, 3.63) is 23.3 Å². The molecule has 0 spiro atoms. The van der Waals surface area contributed by atoms with Crippen molar-refractivity contribution in [3.63, 3.8) is 0 Å². The highest BCUT2D eigenvalue weighted by Crippen LogP contribution is 2.29. The van der Waals surface area contributed by atoms with Crippen LogP contribution < -0.4 is 0 Å². The Balaban J connectivity index is 3.21. The number of rotatable bonds is 3. The van der Waals surface area contributed by atoms with Crippen LogP contribution in [0.4, 0.5) is 0 Å². The number of phenolic OH excluding ortho intramolecular Hbond substituents is 2. The van der Waals surface area contributed by atoms with Crippen LogP contribution in [-0.4, -0.2) is 29.1 Å². The monoisotopic (exact) mass is 210 g/mol. The van der Waals surface area contributed by atoms with Gasteiger partial charge in [-0.3, -0.25) is 4.79 Å². The molecule has 1 rings (SSSR count). The van der Waals surface area contributed by atoms with Gasteiger partial charge in [0.15, 0.2) is 6.29 Å². The first kappa shape index (κ1) is 11.0. The molecule has 5 nitrogen and oxygen atoms in total. The Labute approximate surface area is 85.9 Å². The van der Waals surface area contributed by atoms with E-state index in [1.54, 1.807) is 6.92 Å². The lowest BCUT2D eigenvalue weighted by atomic mass is 10.1. The van der Waals surface area contributed by atoms with Gasteiger partial charge in [-0.2, -0.15) is 0 Å². The number of phenols is 2. The van der Waals surface area contributed by atoms with Crippen molar-refractivity contribution in [2.45, 2.75) is 6.92 Å². The molecule has 0 radical (unpaired) electrons. The van der Waals surface area contributed by atoms with Crippen LogP contribution in [0.3, 0.4) is 0 Å². The third-order valence-corrected chi connectivity index (χ3v) is 1.81. The molecule has 0 atom stereocenters. The third-order valence-electron chi connectivity index (χ3n) is 1.81. The molecule has 1 aromatic carbocycles. The molecule has 15 heavy (non-hydrogen) atoms. The van der Waals surface area contributed by atoms with Gasteiger partial charge in [0.05, 0.1) is 12.2 Å². The van der Waals surface area contributed by atoms with Gasteiger partial charge < -0.3 is 14.9 Å². The van der Waals surface area contributed by atoms with Gasteiger partial charge in [-0.1, -0.05) is 0 Å². The number of carbonyl (C=O) groups is 2. The number of benzene rings is 1. The predicted octanol–water partition coefficient (Wildman–Crippen LogP) is 1.09. The summed E-state index contributed by atoms with van der Waals surface area (Å²) in [6.45, 7) is 1.78. The lowest BCUT2D eigenvalue weighted by Crippen LogP contribution is -2.05. The van der Waals surface area contributed by atoms with Crippen molar-refractivity contribution < 1.29 is 24.5 Å². The van der Waals surface area contributed by atoms with E-state index in [0.29, 0.717) is 0 Å². The molecule has 0 unspecified atom stereocenters. The van der Waals surface area contributed by atoms with Gasteiger partial charge in [0.25, 0.3) is 0 Å². The minimum absolute atomic E-state index is 0.142. The Hall–Kier alpha value is -2.04. The van der Waals surface area contributed by atoms with Crippen molar-refractivity contribution in [2.24, 2.45) is 0 Å². The highest BCUT2D eigenvalue weighted by molar-refractivity contribution is 5.97. The van der Waals surface area contributed by atoms with E-state index in [0.717, 1.165) is 6.07 Å². The van der Waals surface area contributed by atoms with Crippen molar-refractivity contribution in [1.29, 1.82) is 0 Å². The number of hydrogen-bond donors (Lipinski definition) is 2. The Bertz CT molecular complexity index is 397. The second-order valence-electron chi connectivity index (χ2n) is 2.73. The van der Waals surface area contributed by atoms with E-state index in [2.05, 4.69) is 4.74 Å². The van der Waals surface area contributed by atoms with Crippen LogP contribution in [0.25, 0.3) is 0 Å². The average molecular weight is 210 g/mol. The fraction of sp³-hybridized carbons (Fsp3) is 0.200. The summed E-state index contributed by atoms with van der Waals surface area (Å²) in [7, 11) is 0. The quantitative estimate of drug-likeness (QED) is 0.576. The normalized spacial score (nSPS) is 9.67. The average Bonchev–Trinajstić information content (AvgIpc) is 2.18. The molecule has 0 aromatic heterocycles. The van der Waals surface area contributed by atoms with Gasteiger partial charge in [-0.25, -0.2) is 4.79 Å². The molecule has 5 heteroatoms. The Morgan fingerprint density at radius 2 is 2.13 bits per heavy atom. The summed E-state index contributed by atoms with van der Waals surface area (Å²) in [6.07, 6.45) is 0.271. The zero-order chi connectivity index (χ0) is 11.4. The van der Waals surface area contributed by atoms with Gasteiger partial charge in [-0.05, 0) is 19.1 Å². The Morgan fingerprint density at radius 1 is 1.47 bits per heavy atom. The number of aromatic hydroxyl groups is 2. The summed E-state index contributed by atoms with van der Waals surface area (Å²) < 4.78 is 4.65. The second-order valence-corrected chi connectivity index (χ2v) is 2.73. The number of hydrogen-bond acceptors (Lipinski definition) is 5. The summed E-state index contributed by atoms with van der Waals surface area (Å²) in [5.74, 6) is -1.68. The van der Waals surface area contributed by atoms with E-state index in [1.807, 2.05) is 0 Å². The van der Waals surface area contributed by atoms with Crippen molar-refractivity contribution in [1.82, 2.24) is 0 Å². The number of esters is 1. The standard InChI is InChI=1S/C10H10O5/c1-2-15-10(14)6-3-4-8(12)7(5-11)9(6)13/h3-5,12-13H,2H2,1H3. The van der Waals surface area contributed by atoms with Crippen LogP contribution in [-0.2, 0) is 4.74 Å². The van der Waals surface area contributed by atoms with Gasteiger partial charge in [0, 0.05) is 0 Å². The van der Waals surface area contributed by atoms with Gasteiger partial charge in [-0.15, -0.1) is 0 Å². The summed E-state index contributed by atoms with van der Waals surface area (Å²) in [5, 5.41) is 18.7. The largest absolute Gasteiger partial charge is 0.507 e. The molecule has 0 fully saturated rings. The summed E-state index contributed by atoms with van der Waals surface area (Å²) in [4.78, 5) is 21.8. The van der Waals surface area contributed by atoms with Gasteiger partial charge in [0.2, 0.25) is 0 Å². The molecule has 80 valence electrons. The molecule has 0 saturated heterocycles. The first-order valence-electron chi connectivity index (χ1n) is 4.29. The van der Waals surface area contributed by atoms with E-state index < -0.39 is 11.7 Å². The van der Waals surface area contributed by atoms with Gasteiger partial charge in [0.1, 0.15) is 17.1 Å². The minimum atomic E-state index is -0.738. The summed E-state index contributed by atoms with van der Waals surface area (Å²) >= 11 is 0. The Morgan fingerprint density at radius 3 is 2.67 bits per heavy atom. The molecular formula is C10H10O5. The third kappa shape index (κ3) is 2.07. The van der Waals surface area contributed by atoms with Gasteiger partial charge >= 0.3 is 5.97 Å². The first-order chi connectivity index (χ1) is 7.11. The molecule has 0 aliphatic carbocycles. The fourth-order valence-corrected chi connectivity index (χ4v) is 1.09. The number of aldehydes is 1. The molecule has 0 heterocycles. The topological polar surface area (TPSA) is 83.8 Å². The van der Waals surface area contributed by atoms with Crippen LogP contribution in [0.5, 0.6) is 11.5 Å². The van der Waals surface area contributed by atoms with E-state index in [9.17, 15) is 19.8 Å². The van der Waals surface area contributed by atoms with Crippen LogP contribution in [0.1, 0.15) is 27.6 Å². The molecular weight excluding hydrogens is 200 g/mol. The lowest BCUT2D eigenvalue weighted by Gasteiger charge is -2.06. The molecule has 0 bridgehead atoms. The highest BCUT2D eigenvalue weighted by atomic mass is 16.5. The van der Waals surface area contributed by atoms with Crippen molar-refractivity contribution in [3.8, 4) is 11.5 Å². The molecule has 0 saturated carbocycles. The minimum Gasteiger partial charge on any atom is -0.507 e. The maximum atomic E-state index is 11.3. The summed E-state index contributed by atoms with van der Waals surface area (Å²) in [5.41, 5.74) is -0.461. The van der Waals surface area contributed by atoms with Crippen LogP contribution in [0.2, 0.25) is 0 Å². The van der Waals surface area contributed by atoms with Crippen LogP contribution in [0.15, 0.2) is 12.1 Å². The fourth-order valence-electron chi connectivity index (χ4n) is 1.09. The van der Waals surface area contributed by atoms with E-state index >= 15 is 0 Å². The molecule has 0 aliphatic heterocycles.